The Labute approximate surface area is 87.8 Å². The first-order chi connectivity index (χ1) is 6.76. The minimum absolute atomic E-state index is 0.148. The number of hydrogen-bond acceptors (Lipinski definition) is 5. The first-order valence-corrected chi connectivity index (χ1v) is 5.23. The quantitative estimate of drug-likeness (QED) is 0.590. The van der Waals surface area contributed by atoms with E-state index < -0.39 is 0 Å². The Balaban J connectivity index is 2.46. The fourth-order valence-corrected chi connectivity index (χ4v) is 1.61. The molecule has 0 spiro atoms. The van der Waals surface area contributed by atoms with Crippen molar-refractivity contribution >= 4 is 11.8 Å². The molecular weight excluding hydrogens is 196 g/mol. The van der Waals surface area contributed by atoms with Crippen molar-refractivity contribution in [3.05, 3.63) is 18.0 Å². The molecular formula is C9H12N4S. The fraction of sp³-hybridized carbons (Fsp3) is 0.444. The Kier molecular flexibility index (Phi) is 4.36. The first-order valence-electron chi connectivity index (χ1n) is 4.24. The number of hydrogen-bond donors (Lipinski definition) is 1. The Morgan fingerprint density at radius 3 is 2.71 bits per heavy atom. The minimum Gasteiger partial charge on any atom is -0.304 e. The van der Waals surface area contributed by atoms with Gasteiger partial charge < -0.3 is 5.32 Å². The van der Waals surface area contributed by atoms with Gasteiger partial charge in [-0.15, -0.1) is 0 Å². The van der Waals surface area contributed by atoms with Gasteiger partial charge >= 0.3 is 0 Å². The number of aryl methyl sites for hydroxylation is 1. The fourth-order valence-electron chi connectivity index (χ4n) is 0.798. The molecule has 0 bridgehead atoms. The Morgan fingerprint density at radius 1 is 1.57 bits per heavy atom. The third-order valence-corrected chi connectivity index (χ3v) is 2.61. The molecule has 0 radical (unpaired) electrons. The zero-order valence-corrected chi connectivity index (χ0v) is 9.01. The van der Waals surface area contributed by atoms with Crippen molar-refractivity contribution in [3.63, 3.8) is 0 Å². The van der Waals surface area contributed by atoms with Crippen molar-refractivity contribution in [3.8, 4) is 6.07 Å². The largest absolute Gasteiger partial charge is 0.304 e. The Bertz CT molecular complexity index is 317. The summed E-state index contributed by atoms with van der Waals surface area (Å²) in [6.07, 6.45) is 3.55. The van der Waals surface area contributed by atoms with Gasteiger partial charge in [-0.2, -0.15) is 5.26 Å². The summed E-state index contributed by atoms with van der Waals surface area (Å²) in [6.45, 7) is 1.94. The number of aromatic nitrogens is 2. The molecule has 0 aliphatic heterocycles. The van der Waals surface area contributed by atoms with Crippen molar-refractivity contribution in [2.24, 2.45) is 0 Å². The molecule has 1 rings (SSSR count). The van der Waals surface area contributed by atoms with Crippen LogP contribution in [-0.2, 0) is 0 Å². The van der Waals surface area contributed by atoms with Crippen molar-refractivity contribution in [1.29, 1.82) is 5.26 Å². The summed E-state index contributed by atoms with van der Waals surface area (Å²) in [5, 5.41) is 12.3. The van der Waals surface area contributed by atoms with E-state index >= 15 is 0 Å². The van der Waals surface area contributed by atoms with Crippen LogP contribution in [0.15, 0.2) is 17.6 Å². The Morgan fingerprint density at radius 2 is 2.21 bits per heavy atom. The highest BCUT2D eigenvalue weighted by molar-refractivity contribution is 7.99. The van der Waals surface area contributed by atoms with Crippen LogP contribution >= 0.6 is 11.8 Å². The number of rotatable bonds is 4. The third kappa shape index (κ3) is 3.32. The summed E-state index contributed by atoms with van der Waals surface area (Å²) < 4.78 is 0. The van der Waals surface area contributed by atoms with Gasteiger partial charge in [0.15, 0.2) is 5.16 Å². The average molecular weight is 208 g/mol. The zero-order valence-electron chi connectivity index (χ0n) is 8.19. The predicted octanol–water partition coefficient (Wildman–Crippen LogP) is 0.989. The van der Waals surface area contributed by atoms with Gasteiger partial charge in [0.1, 0.15) is 6.04 Å². The first kappa shape index (κ1) is 11.0. The summed E-state index contributed by atoms with van der Waals surface area (Å²) >= 11 is 1.48. The van der Waals surface area contributed by atoms with Crippen LogP contribution in [-0.4, -0.2) is 28.8 Å². The topological polar surface area (TPSA) is 61.6 Å². The van der Waals surface area contributed by atoms with Crippen molar-refractivity contribution < 1.29 is 0 Å². The van der Waals surface area contributed by atoms with Crippen LogP contribution in [0.3, 0.4) is 0 Å². The molecule has 14 heavy (non-hydrogen) atoms. The molecule has 1 N–H and O–H groups in total. The van der Waals surface area contributed by atoms with Crippen molar-refractivity contribution in [2.75, 3.05) is 12.8 Å². The standard InChI is InChI=1S/C9H12N4S/c1-7-4-12-9(13-5-7)14-6-8(3-10)11-2/h4-5,8,11H,6H2,1-2H3. The second kappa shape index (κ2) is 5.58. The van der Waals surface area contributed by atoms with Crippen LogP contribution in [0.2, 0.25) is 0 Å². The van der Waals surface area contributed by atoms with Gasteiger partial charge in [-0.1, -0.05) is 11.8 Å². The molecule has 1 aromatic rings. The van der Waals surface area contributed by atoms with Crippen molar-refractivity contribution in [1.82, 2.24) is 15.3 Å². The number of nitriles is 1. The van der Waals surface area contributed by atoms with Gasteiger partial charge in [0, 0.05) is 18.1 Å². The maximum absolute atomic E-state index is 8.68. The van der Waals surface area contributed by atoms with E-state index in [0.29, 0.717) is 10.9 Å². The van der Waals surface area contributed by atoms with Crippen LogP contribution in [0.1, 0.15) is 5.56 Å². The van der Waals surface area contributed by atoms with Gasteiger partial charge in [-0.25, -0.2) is 9.97 Å². The van der Waals surface area contributed by atoms with Crippen LogP contribution in [0.5, 0.6) is 0 Å². The monoisotopic (exact) mass is 208 g/mol. The molecule has 5 heteroatoms. The maximum atomic E-state index is 8.68. The van der Waals surface area contributed by atoms with E-state index in [9.17, 15) is 0 Å². The van der Waals surface area contributed by atoms with Crippen molar-refractivity contribution in [2.45, 2.75) is 18.1 Å². The molecule has 74 valence electrons. The zero-order chi connectivity index (χ0) is 10.4. The highest BCUT2D eigenvalue weighted by Crippen LogP contribution is 2.12. The van der Waals surface area contributed by atoms with Crippen LogP contribution in [0.25, 0.3) is 0 Å². The molecule has 1 atom stereocenters. The Hall–Kier alpha value is -1.12. The summed E-state index contributed by atoms with van der Waals surface area (Å²) in [5.41, 5.74) is 1.04. The van der Waals surface area contributed by atoms with E-state index in [2.05, 4.69) is 21.4 Å². The lowest BCUT2D eigenvalue weighted by Crippen LogP contribution is -2.25. The highest BCUT2D eigenvalue weighted by Gasteiger charge is 2.05. The second-order valence-corrected chi connectivity index (χ2v) is 3.81. The lowest BCUT2D eigenvalue weighted by atomic mass is 10.4. The smallest absolute Gasteiger partial charge is 0.187 e. The van der Waals surface area contributed by atoms with E-state index in [1.165, 1.54) is 11.8 Å². The maximum Gasteiger partial charge on any atom is 0.187 e. The summed E-state index contributed by atoms with van der Waals surface area (Å²) in [4.78, 5) is 8.27. The van der Waals surface area contributed by atoms with E-state index in [0.717, 1.165) is 5.56 Å². The summed E-state index contributed by atoms with van der Waals surface area (Å²) in [6, 6.07) is 2.00. The lowest BCUT2D eigenvalue weighted by molar-refractivity contribution is 0.748. The van der Waals surface area contributed by atoms with E-state index in [1.54, 1.807) is 19.4 Å². The van der Waals surface area contributed by atoms with Gasteiger partial charge in [-0.3, -0.25) is 0 Å². The van der Waals surface area contributed by atoms with Gasteiger partial charge in [0.05, 0.1) is 6.07 Å². The minimum atomic E-state index is -0.148. The summed E-state index contributed by atoms with van der Waals surface area (Å²) in [5.74, 6) is 0.663. The highest BCUT2D eigenvalue weighted by atomic mass is 32.2. The molecule has 1 unspecified atom stereocenters. The molecule has 0 saturated carbocycles. The molecule has 0 aliphatic rings. The lowest BCUT2D eigenvalue weighted by Gasteiger charge is -2.05. The van der Waals surface area contributed by atoms with E-state index in [1.807, 2.05) is 6.92 Å². The summed E-state index contributed by atoms with van der Waals surface area (Å²) in [7, 11) is 1.77. The van der Waals surface area contributed by atoms with Crippen LogP contribution in [0.4, 0.5) is 0 Å². The average Bonchev–Trinajstić information content (AvgIpc) is 2.22. The SMILES string of the molecule is CNC(C#N)CSc1ncc(C)cn1. The van der Waals surface area contributed by atoms with E-state index in [-0.39, 0.29) is 6.04 Å². The van der Waals surface area contributed by atoms with Gasteiger partial charge in [0.2, 0.25) is 0 Å². The molecule has 0 fully saturated rings. The number of thioether (sulfide) groups is 1. The molecule has 1 aromatic heterocycles. The molecule has 0 aliphatic carbocycles. The van der Waals surface area contributed by atoms with Gasteiger partial charge in [0.25, 0.3) is 0 Å². The molecule has 0 amide bonds. The molecule has 1 heterocycles. The van der Waals surface area contributed by atoms with E-state index in [4.69, 9.17) is 5.26 Å². The second-order valence-electron chi connectivity index (χ2n) is 2.82. The predicted molar refractivity (Wildman–Crippen MR) is 56.0 cm³/mol. The number of nitrogens with one attached hydrogen (secondary N) is 1. The van der Waals surface area contributed by atoms with Crippen LogP contribution in [0, 0.1) is 18.3 Å². The molecule has 4 nitrogen and oxygen atoms in total. The van der Waals surface area contributed by atoms with Gasteiger partial charge in [-0.05, 0) is 19.5 Å². The normalized spacial score (nSPS) is 12.1. The van der Waals surface area contributed by atoms with Crippen LogP contribution < -0.4 is 5.32 Å². The third-order valence-electron chi connectivity index (χ3n) is 1.64. The molecule has 0 aromatic carbocycles. The molecule has 0 saturated heterocycles. The number of nitrogens with zero attached hydrogens (tertiary/aromatic N) is 3.